The van der Waals surface area contributed by atoms with E-state index in [4.69, 9.17) is 12.6 Å². The Labute approximate surface area is 181 Å². The molecule has 162 valence electrons. The lowest BCUT2D eigenvalue weighted by atomic mass is 9.44. The zero-order valence-corrected chi connectivity index (χ0v) is 20.4. The van der Waals surface area contributed by atoms with Gasteiger partial charge in [0.15, 0.2) is 0 Å². The standard InChI is InChI=1S/C27H48S/c1-18(2)7-6-8-19(3)23-11-12-24-22-10-9-20-17-21(28)13-15-26(20,4)25(22)14-16-27(23,24)5/h18-25,28H,6-17H2,1-5H3/t19-,20?,21?,22+,23-,24+,25+,26+,27-/m1/s1. The van der Waals surface area contributed by atoms with Crippen LogP contribution in [0.15, 0.2) is 0 Å². The molecule has 4 saturated carbocycles. The van der Waals surface area contributed by atoms with Gasteiger partial charge in [0.05, 0.1) is 0 Å². The molecule has 0 amide bonds. The van der Waals surface area contributed by atoms with Crippen LogP contribution in [-0.2, 0) is 0 Å². The Kier molecular flexibility index (Phi) is 6.26. The van der Waals surface area contributed by atoms with Crippen LogP contribution in [-0.4, -0.2) is 5.25 Å². The van der Waals surface area contributed by atoms with Gasteiger partial charge in [-0.3, -0.25) is 0 Å². The molecular formula is C27H48S. The minimum Gasteiger partial charge on any atom is -0.176 e. The largest absolute Gasteiger partial charge is 0.176 e. The topological polar surface area (TPSA) is 0 Å². The SMILES string of the molecule is CC(C)CCC[C@@H](C)[C@H]1CC[C@H]2[C@@H]3CCC4CC(S)CC[C@]4(C)[C@H]3CC[C@]12C. The minimum absolute atomic E-state index is 0.643. The number of rotatable bonds is 5. The first kappa shape index (κ1) is 21.6. The zero-order valence-electron chi connectivity index (χ0n) is 19.6. The van der Waals surface area contributed by atoms with Gasteiger partial charge in [-0.2, -0.15) is 12.6 Å². The van der Waals surface area contributed by atoms with Crippen molar-refractivity contribution in [1.29, 1.82) is 0 Å². The molecule has 0 bridgehead atoms. The molecule has 0 N–H and O–H groups in total. The molecule has 4 aliphatic rings. The molecule has 0 aliphatic heterocycles. The number of fused-ring (bicyclic) bond motifs is 5. The van der Waals surface area contributed by atoms with Crippen LogP contribution in [0.2, 0.25) is 0 Å². The Balaban J connectivity index is 1.46. The predicted molar refractivity (Wildman–Crippen MR) is 126 cm³/mol. The van der Waals surface area contributed by atoms with Gasteiger partial charge in [-0.15, -0.1) is 0 Å². The summed E-state index contributed by atoms with van der Waals surface area (Å²) in [4.78, 5) is 0. The first-order valence-corrected chi connectivity index (χ1v) is 13.5. The van der Waals surface area contributed by atoms with Gasteiger partial charge in [-0.1, -0.05) is 53.9 Å². The maximum absolute atomic E-state index is 4.88. The molecule has 9 atom stereocenters. The summed E-state index contributed by atoms with van der Waals surface area (Å²) in [6.07, 6.45) is 17.8. The first-order chi connectivity index (χ1) is 13.3. The van der Waals surface area contributed by atoms with E-state index in [1.165, 1.54) is 64.2 Å². The molecular weight excluding hydrogens is 356 g/mol. The van der Waals surface area contributed by atoms with E-state index < -0.39 is 0 Å². The fourth-order valence-electron chi connectivity index (χ4n) is 9.26. The van der Waals surface area contributed by atoms with E-state index in [-0.39, 0.29) is 0 Å². The van der Waals surface area contributed by atoms with Gasteiger partial charge in [0, 0.05) is 5.25 Å². The van der Waals surface area contributed by atoms with Crippen molar-refractivity contribution in [3.05, 3.63) is 0 Å². The molecule has 0 aromatic heterocycles. The van der Waals surface area contributed by atoms with Crippen molar-refractivity contribution in [1.82, 2.24) is 0 Å². The lowest BCUT2D eigenvalue weighted by Gasteiger charge is -2.61. The van der Waals surface area contributed by atoms with Crippen LogP contribution in [0.3, 0.4) is 0 Å². The lowest BCUT2D eigenvalue weighted by molar-refractivity contribution is -0.113. The molecule has 4 fully saturated rings. The summed E-state index contributed by atoms with van der Waals surface area (Å²) in [6.45, 7) is 12.8. The van der Waals surface area contributed by atoms with Crippen molar-refractivity contribution in [2.24, 2.45) is 52.3 Å². The fraction of sp³-hybridized carbons (Fsp3) is 1.00. The van der Waals surface area contributed by atoms with Crippen LogP contribution in [0.4, 0.5) is 0 Å². The zero-order chi connectivity index (χ0) is 20.1. The molecule has 0 radical (unpaired) electrons. The van der Waals surface area contributed by atoms with Gasteiger partial charge in [0.2, 0.25) is 0 Å². The molecule has 0 aromatic carbocycles. The Bertz CT molecular complexity index is 540. The highest BCUT2D eigenvalue weighted by molar-refractivity contribution is 7.80. The molecule has 0 saturated heterocycles. The maximum atomic E-state index is 4.88. The Morgan fingerprint density at radius 1 is 0.821 bits per heavy atom. The molecule has 0 heterocycles. The van der Waals surface area contributed by atoms with Crippen molar-refractivity contribution >= 4 is 12.6 Å². The third-order valence-corrected chi connectivity index (χ3v) is 11.3. The summed E-state index contributed by atoms with van der Waals surface area (Å²) in [6, 6.07) is 0. The van der Waals surface area contributed by atoms with E-state index in [2.05, 4.69) is 34.6 Å². The molecule has 28 heavy (non-hydrogen) atoms. The normalized spacial score (nSPS) is 49.4. The maximum Gasteiger partial charge on any atom is 0.00198 e. The van der Waals surface area contributed by atoms with Crippen LogP contribution in [0.1, 0.15) is 112 Å². The van der Waals surface area contributed by atoms with Crippen LogP contribution >= 0.6 is 12.6 Å². The number of thiol groups is 1. The molecule has 0 nitrogen and oxygen atoms in total. The van der Waals surface area contributed by atoms with E-state index in [1.807, 2.05) is 0 Å². The third kappa shape index (κ3) is 3.62. The highest BCUT2D eigenvalue weighted by Gasteiger charge is 2.60. The fourth-order valence-corrected chi connectivity index (χ4v) is 9.64. The molecule has 4 aliphatic carbocycles. The summed E-state index contributed by atoms with van der Waals surface area (Å²) >= 11 is 4.88. The van der Waals surface area contributed by atoms with Gasteiger partial charge in [0.25, 0.3) is 0 Å². The molecule has 0 spiro atoms. The summed E-state index contributed by atoms with van der Waals surface area (Å²) in [5.74, 6) is 6.90. The lowest BCUT2D eigenvalue weighted by Crippen LogP contribution is -2.53. The summed E-state index contributed by atoms with van der Waals surface area (Å²) < 4.78 is 0. The first-order valence-electron chi connectivity index (χ1n) is 12.9. The molecule has 4 rings (SSSR count). The smallest absolute Gasteiger partial charge is 0.00198 e. The second-order valence-corrected chi connectivity index (χ2v) is 13.3. The number of hydrogen-bond donors (Lipinski definition) is 1. The highest BCUT2D eigenvalue weighted by Crippen LogP contribution is 2.68. The second-order valence-electron chi connectivity index (χ2n) is 12.6. The van der Waals surface area contributed by atoms with E-state index in [0.29, 0.717) is 16.1 Å². The second kappa shape index (κ2) is 8.12. The van der Waals surface area contributed by atoms with Crippen molar-refractivity contribution in [2.75, 3.05) is 0 Å². The summed E-state index contributed by atoms with van der Waals surface area (Å²) in [5, 5.41) is 0.686. The minimum atomic E-state index is 0.643. The molecule has 1 heteroatoms. The van der Waals surface area contributed by atoms with Crippen molar-refractivity contribution in [2.45, 2.75) is 117 Å². The quantitative estimate of drug-likeness (QED) is 0.437. The summed E-state index contributed by atoms with van der Waals surface area (Å²) in [5.41, 5.74) is 1.30. The average Bonchev–Trinajstić information content (AvgIpc) is 2.99. The van der Waals surface area contributed by atoms with E-state index in [0.717, 1.165) is 41.4 Å². The van der Waals surface area contributed by atoms with E-state index in [1.54, 1.807) is 12.8 Å². The molecule has 0 aromatic rings. The van der Waals surface area contributed by atoms with Gasteiger partial charge in [-0.05, 0) is 110 Å². The van der Waals surface area contributed by atoms with Crippen molar-refractivity contribution in [3.8, 4) is 0 Å². The number of hydrogen-bond acceptors (Lipinski definition) is 1. The van der Waals surface area contributed by atoms with Crippen LogP contribution in [0.5, 0.6) is 0 Å². The van der Waals surface area contributed by atoms with E-state index in [9.17, 15) is 0 Å². The van der Waals surface area contributed by atoms with Crippen molar-refractivity contribution < 1.29 is 0 Å². The summed E-state index contributed by atoms with van der Waals surface area (Å²) in [7, 11) is 0. The average molecular weight is 405 g/mol. The van der Waals surface area contributed by atoms with Gasteiger partial charge < -0.3 is 0 Å². The van der Waals surface area contributed by atoms with Gasteiger partial charge >= 0.3 is 0 Å². The van der Waals surface area contributed by atoms with E-state index >= 15 is 0 Å². The Morgan fingerprint density at radius 3 is 2.29 bits per heavy atom. The molecule has 2 unspecified atom stereocenters. The van der Waals surface area contributed by atoms with Crippen LogP contribution < -0.4 is 0 Å². The monoisotopic (exact) mass is 404 g/mol. The van der Waals surface area contributed by atoms with Crippen LogP contribution in [0, 0.1) is 52.3 Å². The Hall–Kier alpha value is 0.350. The van der Waals surface area contributed by atoms with Crippen molar-refractivity contribution in [3.63, 3.8) is 0 Å². The van der Waals surface area contributed by atoms with Gasteiger partial charge in [0.1, 0.15) is 0 Å². The van der Waals surface area contributed by atoms with Crippen LogP contribution in [0.25, 0.3) is 0 Å². The Morgan fingerprint density at radius 2 is 1.54 bits per heavy atom. The van der Waals surface area contributed by atoms with Gasteiger partial charge in [-0.25, -0.2) is 0 Å². The third-order valence-electron chi connectivity index (χ3n) is 10.8. The predicted octanol–water partition coefficient (Wildman–Crippen LogP) is 8.41. The highest BCUT2D eigenvalue weighted by atomic mass is 32.1.